The van der Waals surface area contributed by atoms with E-state index in [4.69, 9.17) is 5.11 Å². The summed E-state index contributed by atoms with van der Waals surface area (Å²) in [5.41, 5.74) is 0.103. The Kier molecular flexibility index (Phi) is 3.12. The van der Waals surface area contributed by atoms with Crippen molar-refractivity contribution in [2.75, 3.05) is 13.1 Å². The van der Waals surface area contributed by atoms with Crippen molar-refractivity contribution in [2.45, 2.75) is 25.8 Å². The molecule has 6 nitrogen and oxygen atoms in total. The summed E-state index contributed by atoms with van der Waals surface area (Å²) < 4.78 is 1.41. The molecule has 1 fully saturated rings. The molecule has 1 atom stereocenters. The Labute approximate surface area is 98.8 Å². The summed E-state index contributed by atoms with van der Waals surface area (Å²) in [6.07, 6.45) is 4.73. The Morgan fingerprint density at radius 3 is 2.59 bits per heavy atom. The van der Waals surface area contributed by atoms with E-state index in [0.29, 0.717) is 0 Å². The maximum Gasteiger partial charge on any atom is 0.338 e. The predicted molar refractivity (Wildman–Crippen MR) is 59.7 cm³/mol. The van der Waals surface area contributed by atoms with Crippen LogP contribution >= 0.6 is 0 Å². The van der Waals surface area contributed by atoms with Gasteiger partial charge in [-0.15, -0.1) is 0 Å². The summed E-state index contributed by atoms with van der Waals surface area (Å²) in [5.74, 6) is -1.03. The fourth-order valence-corrected chi connectivity index (χ4v) is 1.98. The maximum absolute atomic E-state index is 12.0. The standard InChI is InChI=1S/C11H15N3O3/c1-8(10(15)13-4-2-3-5-13)14-7-9(6-12-14)11(16)17/h6-8H,2-5H2,1H3,(H,16,17). The Bertz CT molecular complexity index is 435. The minimum atomic E-state index is -1.03. The van der Waals surface area contributed by atoms with E-state index in [1.54, 1.807) is 11.8 Å². The van der Waals surface area contributed by atoms with Crippen LogP contribution in [0.5, 0.6) is 0 Å². The Hall–Kier alpha value is -1.85. The molecule has 1 aliphatic heterocycles. The van der Waals surface area contributed by atoms with Gasteiger partial charge in [0.15, 0.2) is 0 Å². The minimum Gasteiger partial charge on any atom is -0.478 e. The first kappa shape index (κ1) is 11.6. The fourth-order valence-electron chi connectivity index (χ4n) is 1.98. The molecule has 0 aliphatic carbocycles. The van der Waals surface area contributed by atoms with E-state index in [2.05, 4.69) is 5.10 Å². The first-order chi connectivity index (χ1) is 8.09. The Balaban J connectivity index is 2.09. The summed E-state index contributed by atoms with van der Waals surface area (Å²) in [6.45, 7) is 3.31. The number of rotatable bonds is 3. The van der Waals surface area contributed by atoms with Crippen molar-refractivity contribution in [3.05, 3.63) is 18.0 Å². The number of hydrogen-bond acceptors (Lipinski definition) is 3. The van der Waals surface area contributed by atoms with Crippen molar-refractivity contribution in [3.63, 3.8) is 0 Å². The number of likely N-dealkylation sites (tertiary alicyclic amines) is 1. The summed E-state index contributed by atoms with van der Waals surface area (Å²) in [6, 6.07) is -0.443. The maximum atomic E-state index is 12.0. The number of carboxylic acid groups (broad SMARTS) is 1. The second-order valence-electron chi connectivity index (χ2n) is 4.22. The highest BCUT2D eigenvalue weighted by molar-refractivity contribution is 5.87. The molecular formula is C11H15N3O3. The molecule has 1 aromatic rings. The van der Waals surface area contributed by atoms with Gasteiger partial charge in [0, 0.05) is 19.3 Å². The molecule has 1 amide bonds. The van der Waals surface area contributed by atoms with Crippen molar-refractivity contribution >= 4 is 11.9 Å². The van der Waals surface area contributed by atoms with E-state index in [9.17, 15) is 9.59 Å². The van der Waals surface area contributed by atoms with Crippen LogP contribution in [-0.2, 0) is 4.79 Å². The van der Waals surface area contributed by atoms with Gasteiger partial charge in [0.1, 0.15) is 6.04 Å². The SMILES string of the molecule is CC(C(=O)N1CCCC1)n1cc(C(=O)O)cn1. The molecule has 0 radical (unpaired) electrons. The van der Waals surface area contributed by atoms with Crippen LogP contribution in [0.25, 0.3) is 0 Å². The zero-order valence-electron chi connectivity index (χ0n) is 9.67. The molecule has 2 heterocycles. The third-order valence-corrected chi connectivity index (χ3v) is 3.02. The predicted octanol–water partition coefficient (Wildman–Crippen LogP) is 0.765. The van der Waals surface area contributed by atoms with Gasteiger partial charge in [-0.3, -0.25) is 9.48 Å². The summed E-state index contributed by atoms with van der Waals surface area (Å²) in [7, 11) is 0. The molecule has 0 bridgehead atoms. The molecule has 1 N–H and O–H groups in total. The third kappa shape index (κ3) is 2.30. The number of amides is 1. The van der Waals surface area contributed by atoms with E-state index in [1.165, 1.54) is 17.1 Å². The van der Waals surface area contributed by atoms with E-state index < -0.39 is 12.0 Å². The molecule has 0 spiro atoms. The molecule has 92 valence electrons. The number of nitrogens with zero attached hydrogens (tertiary/aromatic N) is 3. The number of carboxylic acids is 1. The van der Waals surface area contributed by atoms with Crippen LogP contribution in [0.4, 0.5) is 0 Å². The number of carbonyl (C=O) groups excluding carboxylic acids is 1. The molecule has 6 heteroatoms. The minimum absolute atomic E-state index is 0.00235. The van der Waals surface area contributed by atoms with Crippen LogP contribution < -0.4 is 0 Å². The van der Waals surface area contributed by atoms with Crippen molar-refractivity contribution in [1.82, 2.24) is 14.7 Å². The normalized spacial score (nSPS) is 17.1. The lowest BCUT2D eigenvalue weighted by Crippen LogP contribution is -2.34. The highest BCUT2D eigenvalue weighted by Crippen LogP contribution is 2.15. The Morgan fingerprint density at radius 1 is 1.41 bits per heavy atom. The van der Waals surface area contributed by atoms with Gasteiger partial charge in [-0.05, 0) is 19.8 Å². The van der Waals surface area contributed by atoms with Crippen molar-refractivity contribution in [2.24, 2.45) is 0 Å². The largest absolute Gasteiger partial charge is 0.478 e. The number of carbonyl (C=O) groups is 2. The lowest BCUT2D eigenvalue weighted by molar-refractivity contribution is -0.133. The van der Waals surface area contributed by atoms with Crippen molar-refractivity contribution < 1.29 is 14.7 Å². The van der Waals surface area contributed by atoms with Crippen molar-refractivity contribution in [1.29, 1.82) is 0 Å². The van der Waals surface area contributed by atoms with Gasteiger partial charge in [0.25, 0.3) is 0 Å². The summed E-state index contributed by atoms with van der Waals surface area (Å²) >= 11 is 0. The molecule has 1 saturated heterocycles. The topological polar surface area (TPSA) is 75.4 Å². The summed E-state index contributed by atoms with van der Waals surface area (Å²) in [5, 5.41) is 12.7. The number of aromatic nitrogens is 2. The lowest BCUT2D eigenvalue weighted by Gasteiger charge is -2.20. The van der Waals surface area contributed by atoms with Crippen molar-refractivity contribution in [3.8, 4) is 0 Å². The summed E-state index contributed by atoms with van der Waals surface area (Å²) in [4.78, 5) is 24.6. The second-order valence-corrected chi connectivity index (χ2v) is 4.22. The van der Waals surface area contributed by atoms with Gasteiger partial charge in [-0.25, -0.2) is 4.79 Å². The van der Waals surface area contributed by atoms with Gasteiger partial charge in [-0.2, -0.15) is 5.10 Å². The van der Waals surface area contributed by atoms with Gasteiger partial charge in [0.05, 0.1) is 11.8 Å². The molecule has 0 aromatic carbocycles. The molecular weight excluding hydrogens is 222 g/mol. The van der Waals surface area contributed by atoms with E-state index in [-0.39, 0.29) is 11.5 Å². The van der Waals surface area contributed by atoms with E-state index in [1.807, 2.05) is 0 Å². The number of hydrogen-bond donors (Lipinski definition) is 1. The smallest absolute Gasteiger partial charge is 0.338 e. The molecule has 0 saturated carbocycles. The van der Waals surface area contributed by atoms with Gasteiger partial charge < -0.3 is 10.0 Å². The van der Waals surface area contributed by atoms with Crippen LogP contribution in [0.15, 0.2) is 12.4 Å². The van der Waals surface area contributed by atoms with Crippen LogP contribution in [0, 0.1) is 0 Å². The highest BCUT2D eigenvalue weighted by Gasteiger charge is 2.25. The second kappa shape index (κ2) is 4.57. The average molecular weight is 237 g/mol. The van der Waals surface area contributed by atoms with Gasteiger partial charge in [0.2, 0.25) is 5.91 Å². The van der Waals surface area contributed by atoms with Crippen LogP contribution in [0.1, 0.15) is 36.2 Å². The third-order valence-electron chi connectivity index (χ3n) is 3.02. The number of aromatic carboxylic acids is 1. The van der Waals surface area contributed by atoms with Crippen LogP contribution in [0.2, 0.25) is 0 Å². The molecule has 1 aliphatic rings. The zero-order chi connectivity index (χ0) is 12.4. The average Bonchev–Trinajstić information content (AvgIpc) is 2.97. The molecule has 1 aromatic heterocycles. The molecule has 2 rings (SSSR count). The monoisotopic (exact) mass is 237 g/mol. The lowest BCUT2D eigenvalue weighted by atomic mass is 10.3. The quantitative estimate of drug-likeness (QED) is 0.842. The first-order valence-corrected chi connectivity index (χ1v) is 5.66. The van der Waals surface area contributed by atoms with Gasteiger partial charge >= 0.3 is 5.97 Å². The van der Waals surface area contributed by atoms with E-state index in [0.717, 1.165) is 25.9 Å². The van der Waals surface area contributed by atoms with Gasteiger partial charge in [-0.1, -0.05) is 0 Å². The van der Waals surface area contributed by atoms with Crippen LogP contribution in [0.3, 0.4) is 0 Å². The van der Waals surface area contributed by atoms with E-state index >= 15 is 0 Å². The zero-order valence-corrected chi connectivity index (χ0v) is 9.67. The fraction of sp³-hybridized carbons (Fsp3) is 0.545. The molecule has 17 heavy (non-hydrogen) atoms. The molecule has 1 unspecified atom stereocenters. The Morgan fingerprint density at radius 2 is 2.06 bits per heavy atom. The van der Waals surface area contributed by atoms with Crippen LogP contribution in [-0.4, -0.2) is 44.8 Å². The highest BCUT2D eigenvalue weighted by atomic mass is 16.4. The first-order valence-electron chi connectivity index (χ1n) is 5.66.